The van der Waals surface area contributed by atoms with Crippen LogP contribution in [0.2, 0.25) is 10.0 Å². The molecule has 0 spiro atoms. The second-order valence-corrected chi connectivity index (χ2v) is 7.73. The number of rotatable bonds is 3. The SMILES string of the molecule is CNC(c1cc(Cl)cc(Cl)c1)C1CCS(=O)(=O)C1. The largest absolute Gasteiger partial charge is 0.313 e. The van der Waals surface area contributed by atoms with Crippen molar-refractivity contribution in [1.82, 2.24) is 5.32 Å². The predicted octanol–water partition coefficient (Wildman–Crippen LogP) is 2.69. The van der Waals surface area contributed by atoms with Crippen LogP contribution in [0.25, 0.3) is 0 Å². The third kappa shape index (κ3) is 3.18. The Bertz CT molecular complexity index is 525. The lowest BCUT2D eigenvalue weighted by atomic mass is 9.93. The topological polar surface area (TPSA) is 46.2 Å². The maximum absolute atomic E-state index is 11.5. The molecule has 2 rings (SSSR count). The van der Waals surface area contributed by atoms with Gasteiger partial charge in [-0.05, 0) is 43.1 Å². The van der Waals surface area contributed by atoms with Gasteiger partial charge in [0.15, 0.2) is 9.84 Å². The van der Waals surface area contributed by atoms with Crippen LogP contribution in [0.15, 0.2) is 18.2 Å². The average Bonchev–Trinajstić information content (AvgIpc) is 2.58. The fourth-order valence-corrected chi connectivity index (χ4v) is 4.90. The van der Waals surface area contributed by atoms with Gasteiger partial charge in [0.05, 0.1) is 11.5 Å². The first-order valence-corrected chi connectivity index (χ1v) is 8.33. The third-order valence-electron chi connectivity index (χ3n) is 3.29. The lowest BCUT2D eigenvalue weighted by molar-refractivity contribution is 0.419. The van der Waals surface area contributed by atoms with Gasteiger partial charge in [-0.25, -0.2) is 8.42 Å². The summed E-state index contributed by atoms with van der Waals surface area (Å²) in [6.07, 6.45) is 0.679. The number of halogens is 2. The van der Waals surface area contributed by atoms with Crippen LogP contribution in [-0.4, -0.2) is 27.0 Å². The minimum Gasteiger partial charge on any atom is -0.313 e. The van der Waals surface area contributed by atoms with Gasteiger partial charge in [0, 0.05) is 16.1 Å². The summed E-state index contributed by atoms with van der Waals surface area (Å²) < 4.78 is 23.1. The van der Waals surface area contributed by atoms with E-state index in [0.29, 0.717) is 16.5 Å². The van der Waals surface area contributed by atoms with E-state index in [0.717, 1.165) is 5.56 Å². The Balaban J connectivity index is 2.28. The summed E-state index contributed by atoms with van der Waals surface area (Å²) in [4.78, 5) is 0. The Labute approximate surface area is 117 Å². The molecule has 1 aromatic rings. The molecule has 1 fully saturated rings. The second kappa shape index (κ2) is 5.37. The monoisotopic (exact) mass is 307 g/mol. The Morgan fingerprint density at radius 1 is 1.28 bits per heavy atom. The molecule has 100 valence electrons. The summed E-state index contributed by atoms with van der Waals surface area (Å²) in [7, 11) is -1.06. The molecule has 0 amide bonds. The molecule has 3 nitrogen and oxygen atoms in total. The van der Waals surface area contributed by atoms with E-state index < -0.39 is 9.84 Å². The zero-order valence-electron chi connectivity index (χ0n) is 9.99. The summed E-state index contributed by atoms with van der Waals surface area (Å²) in [6.45, 7) is 0. The summed E-state index contributed by atoms with van der Waals surface area (Å²) >= 11 is 12.0. The van der Waals surface area contributed by atoms with Gasteiger partial charge in [0.1, 0.15) is 0 Å². The molecule has 0 saturated carbocycles. The van der Waals surface area contributed by atoms with E-state index in [-0.39, 0.29) is 23.5 Å². The zero-order valence-corrected chi connectivity index (χ0v) is 12.3. The van der Waals surface area contributed by atoms with Crippen LogP contribution in [-0.2, 0) is 9.84 Å². The summed E-state index contributed by atoms with van der Waals surface area (Å²) in [6, 6.07) is 5.31. The van der Waals surface area contributed by atoms with Crippen LogP contribution in [0.4, 0.5) is 0 Å². The van der Waals surface area contributed by atoms with E-state index in [9.17, 15) is 8.42 Å². The van der Waals surface area contributed by atoms with Crippen molar-refractivity contribution in [1.29, 1.82) is 0 Å². The highest BCUT2D eigenvalue weighted by molar-refractivity contribution is 7.91. The van der Waals surface area contributed by atoms with Gasteiger partial charge in [-0.3, -0.25) is 0 Å². The molecule has 1 aliphatic rings. The quantitative estimate of drug-likeness (QED) is 0.934. The normalized spacial score (nSPS) is 24.1. The summed E-state index contributed by atoms with van der Waals surface area (Å²) in [5, 5.41) is 4.31. The standard InChI is InChI=1S/C12H15Cl2NO2S/c1-15-12(8-2-3-18(16,17)7-8)9-4-10(13)6-11(14)5-9/h4-6,8,12,15H,2-3,7H2,1H3. The number of nitrogens with one attached hydrogen (secondary N) is 1. The van der Waals surface area contributed by atoms with Gasteiger partial charge in [0.25, 0.3) is 0 Å². The van der Waals surface area contributed by atoms with Crippen LogP contribution in [0, 0.1) is 5.92 Å². The predicted molar refractivity (Wildman–Crippen MR) is 75.0 cm³/mol. The smallest absolute Gasteiger partial charge is 0.150 e. The second-order valence-electron chi connectivity index (χ2n) is 4.63. The molecule has 0 aliphatic carbocycles. The average molecular weight is 308 g/mol. The van der Waals surface area contributed by atoms with Crippen molar-refractivity contribution < 1.29 is 8.42 Å². The van der Waals surface area contributed by atoms with Crippen molar-refractivity contribution in [2.75, 3.05) is 18.6 Å². The molecule has 6 heteroatoms. The lowest BCUT2D eigenvalue weighted by Crippen LogP contribution is -2.26. The maximum atomic E-state index is 11.5. The molecule has 18 heavy (non-hydrogen) atoms. The molecule has 1 saturated heterocycles. The fraction of sp³-hybridized carbons (Fsp3) is 0.500. The van der Waals surface area contributed by atoms with Gasteiger partial charge < -0.3 is 5.32 Å². The van der Waals surface area contributed by atoms with Crippen molar-refractivity contribution in [3.8, 4) is 0 Å². The van der Waals surface area contributed by atoms with Gasteiger partial charge in [-0.1, -0.05) is 23.2 Å². The minimum absolute atomic E-state index is 0.0292. The van der Waals surface area contributed by atoms with E-state index in [4.69, 9.17) is 23.2 Å². The molecule has 1 heterocycles. The van der Waals surface area contributed by atoms with E-state index in [2.05, 4.69) is 5.32 Å². The van der Waals surface area contributed by atoms with Crippen molar-refractivity contribution in [3.05, 3.63) is 33.8 Å². The highest BCUT2D eigenvalue weighted by atomic mass is 35.5. The first-order chi connectivity index (χ1) is 8.41. The number of sulfone groups is 1. The number of hydrogen-bond acceptors (Lipinski definition) is 3. The molecular weight excluding hydrogens is 293 g/mol. The zero-order chi connectivity index (χ0) is 13.3. The van der Waals surface area contributed by atoms with Gasteiger partial charge >= 0.3 is 0 Å². The first-order valence-electron chi connectivity index (χ1n) is 5.75. The summed E-state index contributed by atoms with van der Waals surface area (Å²) in [5.74, 6) is 0.571. The fourth-order valence-electron chi connectivity index (χ4n) is 2.52. The van der Waals surface area contributed by atoms with Gasteiger partial charge in [-0.15, -0.1) is 0 Å². The summed E-state index contributed by atoms with van der Waals surface area (Å²) in [5.41, 5.74) is 0.942. The molecule has 1 aliphatic heterocycles. The molecule has 2 atom stereocenters. The molecule has 0 bridgehead atoms. The highest BCUT2D eigenvalue weighted by Crippen LogP contribution is 2.33. The van der Waals surface area contributed by atoms with Gasteiger partial charge in [-0.2, -0.15) is 0 Å². The Kier molecular flexibility index (Phi) is 4.22. The Hall–Kier alpha value is -0.290. The number of benzene rings is 1. The van der Waals surface area contributed by atoms with Gasteiger partial charge in [0.2, 0.25) is 0 Å². The minimum atomic E-state index is -2.88. The van der Waals surface area contributed by atoms with E-state index in [1.807, 2.05) is 19.2 Å². The van der Waals surface area contributed by atoms with Crippen LogP contribution >= 0.6 is 23.2 Å². The molecule has 2 unspecified atom stereocenters. The Morgan fingerprint density at radius 3 is 2.33 bits per heavy atom. The van der Waals surface area contributed by atoms with Crippen LogP contribution in [0.3, 0.4) is 0 Å². The lowest BCUT2D eigenvalue weighted by Gasteiger charge is -2.23. The van der Waals surface area contributed by atoms with Crippen molar-refractivity contribution in [2.45, 2.75) is 12.5 Å². The van der Waals surface area contributed by atoms with Crippen molar-refractivity contribution in [2.24, 2.45) is 5.92 Å². The number of hydrogen-bond donors (Lipinski definition) is 1. The Morgan fingerprint density at radius 2 is 1.89 bits per heavy atom. The molecule has 0 aromatic heterocycles. The van der Waals surface area contributed by atoms with Crippen molar-refractivity contribution >= 4 is 33.0 Å². The van der Waals surface area contributed by atoms with E-state index in [1.54, 1.807) is 6.07 Å². The van der Waals surface area contributed by atoms with Crippen LogP contribution in [0.5, 0.6) is 0 Å². The van der Waals surface area contributed by atoms with Crippen LogP contribution < -0.4 is 5.32 Å². The van der Waals surface area contributed by atoms with E-state index >= 15 is 0 Å². The first kappa shape index (κ1) is 14.1. The molecule has 1 N–H and O–H groups in total. The maximum Gasteiger partial charge on any atom is 0.150 e. The van der Waals surface area contributed by atoms with Crippen molar-refractivity contribution in [3.63, 3.8) is 0 Å². The molecular formula is C12H15Cl2NO2S. The highest BCUT2D eigenvalue weighted by Gasteiger charge is 2.33. The molecule has 0 radical (unpaired) electrons. The van der Waals surface area contributed by atoms with Crippen LogP contribution in [0.1, 0.15) is 18.0 Å². The molecule has 1 aromatic carbocycles. The van der Waals surface area contributed by atoms with E-state index in [1.165, 1.54) is 0 Å². The third-order valence-corrected chi connectivity index (χ3v) is 5.52.